The normalized spacial score (nSPS) is 14.4. The van der Waals surface area contributed by atoms with Crippen molar-refractivity contribution in [3.8, 4) is 17.2 Å². The van der Waals surface area contributed by atoms with Crippen LogP contribution in [0.4, 0.5) is 11.4 Å². The maximum Gasteiger partial charge on any atom is 0.265 e. The van der Waals surface area contributed by atoms with Gasteiger partial charge in [0.2, 0.25) is 11.8 Å². The van der Waals surface area contributed by atoms with Crippen LogP contribution in [-0.4, -0.2) is 41.6 Å². The molecule has 9 nitrogen and oxygen atoms in total. The summed E-state index contributed by atoms with van der Waals surface area (Å²) in [6.07, 6.45) is 0.884. The van der Waals surface area contributed by atoms with Crippen LogP contribution in [0.2, 0.25) is 5.02 Å². The van der Waals surface area contributed by atoms with Gasteiger partial charge in [-0.25, -0.2) is 8.42 Å². The van der Waals surface area contributed by atoms with Crippen LogP contribution in [0.1, 0.15) is 19.3 Å². The standard InChI is InChI=1S/C20H21ClN2O7S/c1-28-15-8-7-12(23-19(24)5-4-6-20(23)25)9-18(15)31(26,27)22-14-11-16(29-2)13(21)10-17(14)30-3/h7-11,22H,4-6H2,1-3H3. The average Bonchev–Trinajstić information content (AvgIpc) is 2.74. The second-order valence-electron chi connectivity index (χ2n) is 6.60. The summed E-state index contributed by atoms with van der Waals surface area (Å²) in [6, 6.07) is 6.87. The van der Waals surface area contributed by atoms with Crippen molar-refractivity contribution in [3.63, 3.8) is 0 Å². The molecule has 1 aliphatic rings. The number of hydrogen-bond donors (Lipinski definition) is 1. The molecule has 166 valence electrons. The maximum absolute atomic E-state index is 13.2. The molecule has 1 heterocycles. The molecule has 0 spiro atoms. The molecule has 31 heavy (non-hydrogen) atoms. The topological polar surface area (TPSA) is 111 Å². The van der Waals surface area contributed by atoms with Crippen LogP contribution >= 0.6 is 11.6 Å². The van der Waals surface area contributed by atoms with Gasteiger partial charge in [-0.05, 0) is 24.6 Å². The lowest BCUT2D eigenvalue weighted by molar-refractivity contribution is -0.129. The number of amides is 2. The van der Waals surface area contributed by atoms with Crippen LogP contribution in [0, 0.1) is 0 Å². The van der Waals surface area contributed by atoms with Crippen molar-refractivity contribution in [2.75, 3.05) is 31.0 Å². The van der Waals surface area contributed by atoms with Gasteiger partial charge in [0.05, 0.1) is 37.7 Å². The van der Waals surface area contributed by atoms with E-state index in [1.807, 2.05) is 0 Å². The zero-order valence-electron chi connectivity index (χ0n) is 17.1. The number of benzene rings is 2. The van der Waals surface area contributed by atoms with Gasteiger partial charge >= 0.3 is 0 Å². The fourth-order valence-corrected chi connectivity index (χ4v) is 4.68. The van der Waals surface area contributed by atoms with Crippen LogP contribution < -0.4 is 23.8 Å². The Hall–Kier alpha value is -2.98. The molecule has 0 atom stereocenters. The maximum atomic E-state index is 13.2. The molecule has 1 fully saturated rings. The van der Waals surface area contributed by atoms with Crippen molar-refractivity contribution in [2.24, 2.45) is 0 Å². The van der Waals surface area contributed by atoms with Gasteiger partial charge in [0.15, 0.2) is 0 Å². The van der Waals surface area contributed by atoms with E-state index >= 15 is 0 Å². The number of halogens is 1. The highest BCUT2D eigenvalue weighted by Gasteiger charge is 2.30. The van der Waals surface area contributed by atoms with Crippen LogP contribution in [0.3, 0.4) is 0 Å². The Morgan fingerprint density at radius 3 is 2.10 bits per heavy atom. The number of sulfonamides is 1. The lowest BCUT2D eigenvalue weighted by atomic mass is 10.1. The third-order valence-electron chi connectivity index (χ3n) is 4.69. The first-order chi connectivity index (χ1) is 14.7. The highest BCUT2D eigenvalue weighted by Crippen LogP contribution is 2.38. The molecule has 2 amide bonds. The molecule has 0 radical (unpaired) electrons. The van der Waals surface area contributed by atoms with E-state index in [1.165, 1.54) is 51.7 Å². The molecule has 1 N–H and O–H groups in total. The zero-order chi connectivity index (χ0) is 22.8. The highest BCUT2D eigenvalue weighted by atomic mass is 35.5. The minimum absolute atomic E-state index is 0.0352. The molecule has 0 saturated carbocycles. The van der Waals surface area contributed by atoms with Crippen molar-refractivity contribution in [1.82, 2.24) is 0 Å². The number of nitrogens with one attached hydrogen (secondary N) is 1. The number of carbonyl (C=O) groups is 2. The molecule has 2 aromatic rings. The number of ether oxygens (including phenoxy) is 3. The Bertz CT molecular complexity index is 1120. The van der Waals surface area contributed by atoms with Gasteiger partial charge in [-0.2, -0.15) is 0 Å². The van der Waals surface area contributed by atoms with Gasteiger partial charge in [-0.3, -0.25) is 19.2 Å². The number of methoxy groups -OCH3 is 3. The first-order valence-corrected chi connectivity index (χ1v) is 11.1. The average molecular weight is 469 g/mol. The monoisotopic (exact) mass is 468 g/mol. The molecule has 11 heteroatoms. The van der Waals surface area contributed by atoms with E-state index in [0.717, 1.165) is 4.90 Å². The van der Waals surface area contributed by atoms with Crippen LogP contribution in [0.15, 0.2) is 35.2 Å². The number of imide groups is 1. The van der Waals surface area contributed by atoms with Gasteiger partial charge in [-0.1, -0.05) is 11.6 Å². The molecular weight excluding hydrogens is 448 g/mol. The highest BCUT2D eigenvalue weighted by molar-refractivity contribution is 7.92. The van der Waals surface area contributed by atoms with Crippen molar-refractivity contribution in [1.29, 1.82) is 0 Å². The summed E-state index contributed by atoms with van der Waals surface area (Å²) in [5.41, 5.74) is 0.234. The Morgan fingerprint density at radius 2 is 1.52 bits per heavy atom. The summed E-state index contributed by atoms with van der Waals surface area (Å²) < 4.78 is 44.4. The van der Waals surface area contributed by atoms with E-state index in [0.29, 0.717) is 6.42 Å². The van der Waals surface area contributed by atoms with Gasteiger partial charge in [0.1, 0.15) is 22.1 Å². The molecule has 0 unspecified atom stereocenters. The Balaban J connectivity index is 2.07. The third-order valence-corrected chi connectivity index (χ3v) is 6.38. The van der Waals surface area contributed by atoms with Gasteiger partial charge in [0.25, 0.3) is 10.0 Å². The summed E-state index contributed by atoms with van der Waals surface area (Å²) in [5, 5.41) is 0.240. The number of anilines is 2. The lowest BCUT2D eigenvalue weighted by Crippen LogP contribution is -2.40. The zero-order valence-corrected chi connectivity index (χ0v) is 18.7. The third kappa shape index (κ3) is 4.54. The second-order valence-corrected chi connectivity index (χ2v) is 8.66. The quantitative estimate of drug-likeness (QED) is 0.621. The summed E-state index contributed by atoms with van der Waals surface area (Å²) in [5.74, 6) is -0.326. The Morgan fingerprint density at radius 1 is 0.903 bits per heavy atom. The number of nitrogens with zero attached hydrogens (tertiary/aromatic N) is 1. The SMILES string of the molecule is COc1cc(NS(=O)(=O)c2cc(N3C(=O)CCCC3=O)ccc2OC)c(OC)cc1Cl. The minimum Gasteiger partial charge on any atom is -0.495 e. The van der Waals surface area contributed by atoms with Crippen molar-refractivity contribution < 1.29 is 32.2 Å². The van der Waals surface area contributed by atoms with Crippen molar-refractivity contribution in [2.45, 2.75) is 24.2 Å². The molecular formula is C20H21ClN2O7S. The molecule has 0 bridgehead atoms. The second kappa shape index (κ2) is 9.03. The molecule has 1 aliphatic heterocycles. The predicted octanol–water partition coefficient (Wildman–Crippen LogP) is 3.21. The van der Waals surface area contributed by atoms with Crippen molar-refractivity contribution in [3.05, 3.63) is 35.4 Å². The van der Waals surface area contributed by atoms with E-state index in [9.17, 15) is 18.0 Å². The van der Waals surface area contributed by atoms with Gasteiger partial charge in [0, 0.05) is 25.0 Å². The number of rotatable bonds is 7. The Labute approximate surface area is 184 Å². The lowest BCUT2D eigenvalue weighted by Gasteiger charge is -2.25. The molecule has 0 aromatic heterocycles. The van der Waals surface area contributed by atoms with Crippen LogP contribution in [0.5, 0.6) is 17.2 Å². The summed E-state index contributed by atoms with van der Waals surface area (Å²) in [6.45, 7) is 0. The van der Waals surface area contributed by atoms with E-state index in [1.54, 1.807) is 0 Å². The van der Waals surface area contributed by atoms with Crippen LogP contribution in [0.25, 0.3) is 0 Å². The number of carbonyl (C=O) groups excluding carboxylic acids is 2. The van der Waals surface area contributed by atoms with Gasteiger partial charge in [-0.15, -0.1) is 0 Å². The number of hydrogen-bond acceptors (Lipinski definition) is 7. The fraction of sp³-hybridized carbons (Fsp3) is 0.300. The predicted molar refractivity (Wildman–Crippen MR) is 115 cm³/mol. The van der Waals surface area contributed by atoms with E-state index in [4.69, 9.17) is 25.8 Å². The summed E-state index contributed by atoms with van der Waals surface area (Å²) >= 11 is 6.08. The number of piperidine rings is 1. The van der Waals surface area contributed by atoms with Gasteiger partial charge < -0.3 is 14.2 Å². The molecule has 0 aliphatic carbocycles. The smallest absolute Gasteiger partial charge is 0.265 e. The minimum atomic E-state index is -4.23. The van der Waals surface area contributed by atoms with Crippen molar-refractivity contribution >= 4 is 44.8 Å². The summed E-state index contributed by atoms with van der Waals surface area (Å²) in [7, 11) is -0.149. The molecule has 3 rings (SSSR count). The van der Waals surface area contributed by atoms with E-state index < -0.39 is 10.0 Å². The van der Waals surface area contributed by atoms with Crippen LogP contribution in [-0.2, 0) is 19.6 Å². The first kappa shape index (κ1) is 22.7. The van der Waals surface area contributed by atoms with E-state index in [2.05, 4.69) is 4.72 Å². The van der Waals surface area contributed by atoms with E-state index in [-0.39, 0.29) is 63.2 Å². The largest absolute Gasteiger partial charge is 0.495 e. The first-order valence-electron chi connectivity index (χ1n) is 9.20. The molecule has 2 aromatic carbocycles. The summed E-state index contributed by atoms with van der Waals surface area (Å²) in [4.78, 5) is 25.3. The molecule has 1 saturated heterocycles. The Kier molecular flexibility index (Phi) is 6.61. The fourth-order valence-electron chi connectivity index (χ4n) is 3.20.